The van der Waals surface area contributed by atoms with E-state index < -0.39 is 0 Å². The van der Waals surface area contributed by atoms with Crippen LogP contribution in [0.3, 0.4) is 0 Å². The summed E-state index contributed by atoms with van der Waals surface area (Å²) in [6, 6.07) is 0. The molecule has 2 aliphatic heterocycles. The van der Waals surface area contributed by atoms with Gasteiger partial charge >= 0.3 is 0 Å². The number of hydrogen-bond acceptors (Lipinski definition) is 4. The maximum atomic E-state index is 10.7. The second-order valence-corrected chi connectivity index (χ2v) is 3.62. The predicted molar refractivity (Wildman–Crippen MR) is 58.8 cm³/mol. The lowest BCUT2D eigenvalue weighted by Gasteiger charge is -2.25. The fourth-order valence-corrected chi connectivity index (χ4v) is 1.50. The summed E-state index contributed by atoms with van der Waals surface area (Å²) in [7, 11) is 0. The van der Waals surface area contributed by atoms with E-state index in [0.29, 0.717) is 0 Å². The third-order valence-corrected chi connectivity index (χ3v) is 2.41. The Morgan fingerprint density at radius 3 is 1.87 bits per heavy atom. The summed E-state index contributed by atoms with van der Waals surface area (Å²) in [5.41, 5.74) is 0. The molecule has 15 heavy (non-hydrogen) atoms. The third kappa shape index (κ3) is 5.71. The average Bonchev–Trinajstić information content (AvgIpc) is 2.33. The number of morpholine rings is 1. The van der Waals surface area contributed by atoms with Crippen molar-refractivity contribution in [2.24, 2.45) is 0 Å². The molecule has 0 aromatic heterocycles. The van der Waals surface area contributed by atoms with Gasteiger partial charge in [0.2, 0.25) is 5.91 Å². The summed E-state index contributed by atoms with van der Waals surface area (Å²) in [5, 5.41) is 6.34. The molecule has 0 atom stereocenters. The van der Waals surface area contributed by atoms with Crippen LogP contribution in [0.25, 0.3) is 0 Å². The topological polar surface area (TPSA) is 53.6 Å². The van der Waals surface area contributed by atoms with Crippen molar-refractivity contribution in [1.82, 2.24) is 15.5 Å². The second kappa shape index (κ2) is 7.62. The van der Waals surface area contributed by atoms with Crippen LogP contribution in [0, 0.1) is 0 Å². The summed E-state index contributed by atoms with van der Waals surface area (Å²) in [6.07, 6.45) is 0. The van der Waals surface area contributed by atoms with Crippen LogP contribution in [-0.4, -0.2) is 63.3 Å². The smallest absolute Gasteiger partial charge is 0.219 e. The summed E-state index contributed by atoms with van der Waals surface area (Å²) < 4.78 is 5.01. The average molecular weight is 215 g/mol. The van der Waals surface area contributed by atoms with Gasteiger partial charge < -0.3 is 20.3 Å². The van der Waals surface area contributed by atoms with Gasteiger partial charge in [0.15, 0.2) is 0 Å². The highest BCUT2D eigenvalue weighted by Gasteiger charge is 2.10. The van der Waals surface area contributed by atoms with E-state index in [4.69, 9.17) is 4.74 Å². The zero-order valence-corrected chi connectivity index (χ0v) is 9.42. The minimum Gasteiger partial charge on any atom is -0.379 e. The molecule has 0 bridgehead atoms. The lowest BCUT2D eigenvalue weighted by atomic mass is 10.4. The van der Waals surface area contributed by atoms with Crippen LogP contribution in [0.4, 0.5) is 0 Å². The SMILES string of the molecule is C1COCCN1.CC(=O)N1CCNCC1. The number of ether oxygens (including phenoxy) is 1. The van der Waals surface area contributed by atoms with E-state index >= 15 is 0 Å². The Kier molecular flexibility index (Phi) is 6.31. The molecule has 2 N–H and O–H groups in total. The Morgan fingerprint density at radius 1 is 1.07 bits per heavy atom. The molecule has 0 spiro atoms. The van der Waals surface area contributed by atoms with Gasteiger partial charge in [-0.3, -0.25) is 4.79 Å². The molecule has 2 fully saturated rings. The minimum absolute atomic E-state index is 0.191. The van der Waals surface area contributed by atoms with E-state index in [1.165, 1.54) is 0 Å². The fourth-order valence-electron chi connectivity index (χ4n) is 1.50. The highest BCUT2D eigenvalue weighted by molar-refractivity contribution is 5.73. The van der Waals surface area contributed by atoms with Gasteiger partial charge in [-0.1, -0.05) is 0 Å². The molecule has 2 saturated heterocycles. The molecule has 0 aromatic rings. The highest BCUT2D eigenvalue weighted by Crippen LogP contribution is 1.90. The monoisotopic (exact) mass is 215 g/mol. The van der Waals surface area contributed by atoms with E-state index in [9.17, 15) is 4.79 Å². The summed E-state index contributed by atoms with van der Waals surface area (Å²) in [5.74, 6) is 0.191. The second-order valence-electron chi connectivity index (χ2n) is 3.62. The van der Waals surface area contributed by atoms with Gasteiger partial charge in [0.25, 0.3) is 0 Å². The summed E-state index contributed by atoms with van der Waals surface area (Å²) in [6.45, 7) is 9.08. The Morgan fingerprint density at radius 2 is 1.60 bits per heavy atom. The van der Waals surface area contributed by atoms with E-state index in [-0.39, 0.29) is 5.91 Å². The molecule has 5 nitrogen and oxygen atoms in total. The van der Waals surface area contributed by atoms with Crippen LogP contribution >= 0.6 is 0 Å². The van der Waals surface area contributed by atoms with Gasteiger partial charge in [-0.2, -0.15) is 0 Å². The first-order chi connectivity index (χ1) is 7.30. The van der Waals surface area contributed by atoms with Crippen LogP contribution in [0.5, 0.6) is 0 Å². The maximum Gasteiger partial charge on any atom is 0.219 e. The quantitative estimate of drug-likeness (QED) is 0.547. The number of carbonyl (C=O) groups is 1. The first kappa shape index (κ1) is 12.4. The van der Waals surface area contributed by atoms with Crippen molar-refractivity contribution in [3.05, 3.63) is 0 Å². The molecule has 0 saturated carbocycles. The number of nitrogens with one attached hydrogen (secondary N) is 2. The largest absolute Gasteiger partial charge is 0.379 e. The van der Waals surface area contributed by atoms with Crippen LogP contribution in [-0.2, 0) is 9.53 Å². The van der Waals surface area contributed by atoms with Gasteiger partial charge in [-0.05, 0) is 0 Å². The first-order valence-corrected chi connectivity index (χ1v) is 5.55. The van der Waals surface area contributed by atoms with Gasteiger partial charge in [0, 0.05) is 46.2 Å². The minimum atomic E-state index is 0.191. The van der Waals surface area contributed by atoms with Crippen molar-refractivity contribution < 1.29 is 9.53 Å². The number of hydrogen-bond donors (Lipinski definition) is 2. The molecule has 2 aliphatic rings. The molecule has 2 rings (SSSR count). The molecule has 88 valence electrons. The van der Waals surface area contributed by atoms with Gasteiger partial charge in [0.1, 0.15) is 0 Å². The van der Waals surface area contributed by atoms with E-state index in [0.717, 1.165) is 52.5 Å². The lowest BCUT2D eigenvalue weighted by molar-refractivity contribution is -0.129. The molecule has 0 aromatic carbocycles. The molecule has 0 radical (unpaired) electrons. The zero-order chi connectivity index (χ0) is 10.9. The van der Waals surface area contributed by atoms with Crippen molar-refractivity contribution in [3.63, 3.8) is 0 Å². The van der Waals surface area contributed by atoms with Gasteiger partial charge in [0.05, 0.1) is 13.2 Å². The molecular formula is C10H21N3O2. The van der Waals surface area contributed by atoms with Crippen molar-refractivity contribution in [2.75, 3.05) is 52.5 Å². The van der Waals surface area contributed by atoms with Crippen LogP contribution < -0.4 is 10.6 Å². The van der Waals surface area contributed by atoms with E-state index in [1.54, 1.807) is 6.92 Å². The van der Waals surface area contributed by atoms with Crippen molar-refractivity contribution in [2.45, 2.75) is 6.92 Å². The third-order valence-electron chi connectivity index (χ3n) is 2.41. The molecule has 1 amide bonds. The number of amides is 1. The maximum absolute atomic E-state index is 10.7. The standard InChI is InChI=1S/C6H12N2O.C4H9NO/c1-6(9)8-4-2-7-3-5-8;1-3-6-4-2-5-1/h7H,2-5H2,1H3;5H,1-4H2. The van der Waals surface area contributed by atoms with Crippen LogP contribution in [0.1, 0.15) is 6.92 Å². The Hall–Kier alpha value is -0.650. The summed E-state index contributed by atoms with van der Waals surface area (Å²) >= 11 is 0. The molecule has 5 heteroatoms. The van der Waals surface area contributed by atoms with Crippen molar-refractivity contribution >= 4 is 5.91 Å². The number of rotatable bonds is 0. The van der Waals surface area contributed by atoms with Crippen molar-refractivity contribution in [1.29, 1.82) is 0 Å². The van der Waals surface area contributed by atoms with Crippen molar-refractivity contribution in [3.8, 4) is 0 Å². The van der Waals surface area contributed by atoms with E-state index in [2.05, 4.69) is 10.6 Å². The number of carbonyl (C=O) groups excluding carboxylic acids is 1. The summed E-state index contributed by atoms with van der Waals surface area (Å²) in [4.78, 5) is 12.6. The fraction of sp³-hybridized carbons (Fsp3) is 0.900. The zero-order valence-electron chi connectivity index (χ0n) is 9.42. The Labute approximate surface area is 91.2 Å². The van der Waals surface area contributed by atoms with Crippen LogP contribution in [0.2, 0.25) is 0 Å². The van der Waals surface area contributed by atoms with Gasteiger partial charge in [-0.15, -0.1) is 0 Å². The van der Waals surface area contributed by atoms with Gasteiger partial charge in [-0.25, -0.2) is 0 Å². The van der Waals surface area contributed by atoms with Crippen LogP contribution in [0.15, 0.2) is 0 Å². The number of piperazine rings is 1. The normalized spacial score (nSPS) is 21.5. The van der Waals surface area contributed by atoms with E-state index in [1.807, 2.05) is 4.90 Å². The number of nitrogens with zero attached hydrogens (tertiary/aromatic N) is 1. The molecular weight excluding hydrogens is 194 g/mol. The highest BCUT2D eigenvalue weighted by atomic mass is 16.5. The first-order valence-electron chi connectivity index (χ1n) is 5.55. The molecule has 2 heterocycles. The molecule has 0 unspecified atom stereocenters. The lowest BCUT2D eigenvalue weighted by Crippen LogP contribution is -2.45. The predicted octanol–water partition coefficient (Wildman–Crippen LogP) is -0.956. The Balaban J connectivity index is 0.000000162. The Bertz CT molecular complexity index is 166. The molecule has 0 aliphatic carbocycles.